The highest BCUT2D eigenvalue weighted by Crippen LogP contribution is 2.18. The van der Waals surface area contributed by atoms with E-state index in [9.17, 15) is 14.4 Å². The van der Waals surface area contributed by atoms with Crippen LogP contribution in [0.3, 0.4) is 0 Å². The van der Waals surface area contributed by atoms with Crippen molar-refractivity contribution in [3.05, 3.63) is 52.2 Å². The van der Waals surface area contributed by atoms with Crippen molar-refractivity contribution in [2.24, 2.45) is 0 Å². The molecule has 136 valence electrons. The molecule has 0 saturated carbocycles. The Morgan fingerprint density at radius 3 is 2.85 bits per heavy atom. The first-order valence-electron chi connectivity index (χ1n) is 8.01. The maximum absolute atomic E-state index is 12.8. The van der Waals surface area contributed by atoms with Crippen molar-refractivity contribution in [3.8, 4) is 0 Å². The third-order valence-corrected chi connectivity index (χ3v) is 4.84. The van der Waals surface area contributed by atoms with Gasteiger partial charge in [-0.05, 0) is 29.6 Å². The minimum Gasteiger partial charge on any atom is -0.467 e. The highest BCUT2D eigenvalue weighted by atomic mass is 32.1. The van der Waals surface area contributed by atoms with Gasteiger partial charge >= 0.3 is 5.97 Å². The van der Waals surface area contributed by atoms with Gasteiger partial charge in [0.25, 0.3) is 11.8 Å². The fraction of sp³-hybridized carbons (Fsp3) is 0.278. The molecule has 0 bridgehead atoms. The fourth-order valence-corrected chi connectivity index (χ4v) is 3.29. The Kier molecular flexibility index (Phi) is 5.65. The van der Waals surface area contributed by atoms with Gasteiger partial charge in [-0.15, -0.1) is 11.3 Å². The average Bonchev–Trinajstić information content (AvgIpc) is 3.22. The number of ether oxygens (including phenoxy) is 2. The first kappa shape index (κ1) is 18.1. The molecule has 1 aliphatic heterocycles. The molecule has 0 spiro atoms. The summed E-state index contributed by atoms with van der Waals surface area (Å²) in [5.41, 5.74) is 0.891. The molecule has 8 heteroatoms. The number of nitrogens with zero attached hydrogens (tertiary/aromatic N) is 1. The summed E-state index contributed by atoms with van der Waals surface area (Å²) in [6.07, 6.45) is 0. The predicted octanol–water partition coefficient (Wildman–Crippen LogP) is 2.01. The van der Waals surface area contributed by atoms with E-state index in [4.69, 9.17) is 9.47 Å². The lowest BCUT2D eigenvalue weighted by Crippen LogP contribution is -2.53. The Morgan fingerprint density at radius 1 is 1.27 bits per heavy atom. The number of rotatable bonds is 4. The molecule has 7 nitrogen and oxygen atoms in total. The number of anilines is 1. The summed E-state index contributed by atoms with van der Waals surface area (Å²) in [4.78, 5) is 38.9. The van der Waals surface area contributed by atoms with Crippen molar-refractivity contribution in [3.63, 3.8) is 0 Å². The molecule has 1 atom stereocenters. The third kappa shape index (κ3) is 3.92. The van der Waals surface area contributed by atoms with Gasteiger partial charge in [0.2, 0.25) is 0 Å². The van der Waals surface area contributed by atoms with Crippen molar-refractivity contribution in [1.82, 2.24) is 4.90 Å². The molecule has 1 aliphatic rings. The van der Waals surface area contributed by atoms with Gasteiger partial charge in [0.1, 0.15) is 0 Å². The average molecular weight is 374 g/mol. The minimum atomic E-state index is -0.773. The van der Waals surface area contributed by atoms with E-state index >= 15 is 0 Å². The largest absolute Gasteiger partial charge is 0.467 e. The van der Waals surface area contributed by atoms with Crippen molar-refractivity contribution in [1.29, 1.82) is 0 Å². The zero-order valence-electron chi connectivity index (χ0n) is 14.1. The molecule has 3 rings (SSSR count). The van der Waals surface area contributed by atoms with E-state index in [1.807, 2.05) is 5.38 Å². The molecular formula is C18H18N2O5S. The zero-order valence-corrected chi connectivity index (χ0v) is 15.0. The second kappa shape index (κ2) is 8.11. The minimum absolute atomic E-state index is 0.104. The van der Waals surface area contributed by atoms with Crippen LogP contribution in [0.4, 0.5) is 5.69 Å². The lowest BCUT2D eigenvalue weighted by atomic mass is 10.1. The SMILES string of the molecule is COC(=O)[C@H]1COCCN1C(=O)c1cccc(NC(=O)c2cccs2)c1. The highest BCUT2D eigenvalue weighted by Gasteiger charge is 2.34. The number of nitrogens with one attached hydrogen (secondary N) is 1. The Hall–Kier alpha value is -2.71. The number of methoxy groups -OCH3 is 1. The fourth-order valence-electron chi connectivity index (χ4n) is 2.67. The molecule has 26 heavy (non-hydrogen) atoms. The monoisotopic (exact) mass is 374 g/mol. The van der Waals surface area contributed by atoms with Gasteiger partial charge in [-0.25, -0.2) is 4.79 Å². The number of esters is 1. The second-order valence-corrected chi connectivity index (χ2v) is 6.57. The van der Waals surface area contributed by atoms with Crippen molar-refractivity contribution >= 4 is 34.8 Å². The molecule has 1 saturated heterocycles. The van der Waals surface area contributed by atoms with E-state index in [1.165, 1.54) is 23.3 Å². The number of carbonyl (C=O) groups is 3. The Bertz CT molecular complexity index is 806. The number of morpholine rings is 1. The summed E-state index contributed by atoms with van der Waals surface area (Å²) in [7, 11) is 1.28. The van der Waals surface area contributed by atoms with Gasteiger partial charge in [0.15, 0.2) is 6.04 Å². The molecule has 1 aromatic carbocycles. The van der Waals surface area contributed by atoms with Gasteiger partial charge in [0, 0.05) is 17.8 Å². The second-order valence-electron chi connectivity index (χ2n) is 5.62. The normalized spacial score (nSPS) is 16.8. The lowest BCUT2D eigenvalue weighted by molar-refractivity contribution is -0.151. The van der Waals surface area contributed by atoms with Crippen molar-refractivity contribution in [2.75, 3.05) is 32.2 Å². The van der Waals surface area contributed by atoms with E-state index in [1.54, 1.807) is 36.4 Å². The topological polar surface area (TPSA) is 84.9 Å². The molecule has 2 amide bonds. The van der Waals surface area contributed by atoms with Gasteiger partial charge < -0.3 is 19.7 Å². The van der Waals surface area contributed by atoms with Gasteiger partial charge in [-0.2, -0.15) is 0 Å². The molecule has 1 fully saturated rings. The van der Waals surface area contributed by atoms with Crippen molar-refractivity contribution in [2.45, 2.75) is 6.04 Å². The summed E-state index contributed by atoms with van der Waals surface area (Å²) in [5.74, 6) is -1.06. The number of hydrogen-bond acceptors (Lipinski definition) is 6. The van der Waals surface area contributed by atoms with E-state index in [0.29, 0.717) is 29.3 Å². The summed E-state index contributed by atoms with van der Waals surface area (Å²) < 4.78 is 10.0. The van der Waals surface area contributed by atoms with Gasteiger partial charge in [-0.3, -0.25) is 9.59 Å². The van der Waals surface area contributed by atoms with E-state index < -0.39 is 12.0 Å². The van der Waals surface area contributed by atoms with Crippen LogP contribution in [0.25, 0.3) is 0 Å². The van der Waals surface area contributed by atoms with E-state index in [0.717, 1.165) is 0 Å². The Labute approximate surface area is 154 Å². The number of thiophene rings is 1. The van der Waals surface area contributed by atoms with Gasteiger partial charge in [0.05, 0.1) is 25.2 Å². The molecule has 1 N–H and O–H groups in total. The molecule has 1 aromatic heterocycles. The van der Waals surface area contributed by atoms with Crippen LogP contribution in [0.1, 0.15) is 20.0 Å². The smallest absolute Gasteiger partial charge is 0.331 e. The number of benzene rings is 1. The molecule has 2 heterocycles. The summed E-state index contributed by atoms with van der Waals surface area (Å²) in [6, 6.07) is 9.38. The van der Waals surface area contributed by atoms with E-state index in [2.05, 4.69) is 5.32 Å². The standard InChI is InChI=1S/C18H18N2O5S/c1-24-18(23)14-11-25-8-7-20(14)17(22)12-4-2-5-13(10-12)19-16(21)15-6-3-9-26-15/h2-6,9-10,14H,7-8,11H2,1H3,(H,19,21)/t14-/m1/s1. The summed E-state index contributed by atoms with van der Waals surface area (Å²) in [5, 5.41) is 4.59. The molecule has 0 aliphatic carbocycles. The first-order valence-corrected chi connectivity index (χ1v) is 8.89. The van der Waals surface area contributed by atoms with Crippen LogP contribution in [-0.4, -0.2) is 55.6 Å². The van der Waals surface area contributed by atoms with Crippen LogP contribution in [0, 0.1) is 0 Å². The van der Waals surface area contributed by atoms with Crippen LogP contribution >= 0.6 is 11.3 Å². The van der Waals surface area contributed by atoms with Gasteiger partial charge in [-0.1, -0.05) is 12.1 Å². The van der Waals surface area contributed by atoms with E-state index in [-0.39, 0.29) is 18.4 Å². The number of amides is 2. The first-order chi connectivity index (χ1) is 12.6. The molecule has 0 unspecified atom stereocenters. The Balaban J connectivity index is 1.77. The highest BCUT2D eigenvalue weighted by molar-refractivity contribution is 7.12. The zero-order chi connectivity index (χ0) is 18.5. The Morgan fingerprint density at radius 2 is 2.12 bits per heavy atom. The lowest BCUT2D eigenvalue weighted by Gasteiger charge is -2.33. The molecule has 0 radical (unpaired) electrons. The summed E-state index contributed by atoms with van der Waals surface area (Å²) >= 11 is 1.34. The molecular weight excluding hydrogens is 356 g/mol. The maximum Gasteiger partial charge on any atom is 0.331 e. The molecule has 2 aromatic rings. The number of hydrogen-bond donors (Lipinski definition) is 1. The van der Waals surface area contributed by atoms with Crippen LogP contribution < -0.4 is 5.32 Å². The van der Waals surface area contributed by atoms with Crippen LogP contribution in [0.15, 0.2) is 41.8 Å². The van der Waals surface area contributed by atoms with Crippen LogP contribution in [0.5, 0.6) is 0 Å². The van der Waals surface area contributed by atoms with Crippen LogP contribution in [-0.2, 0) is 14.3 Å². The van der Waals surface area contributed by atoms with Crippen LogP contribution in [0.2, 0.25) is 0 Å². The quantitative estimate of drug-likeness (QED) is 0.828. The maximum atomic E-state index is 12.8. The predicted molar refractivity (Wildman–Crippen MR) is 96.4 cm³/mol. The van der Waals surface area contributed by atoms with Crippen molar-refractivity contribution < 1.29 is 23.9 Å². The summed E-state index contributed by atoms with van der Waals surface area (Å²) in [6.45, 7) is 0.756. The third-order valence-electron chi connectivity index (χ3n) is 3.97. The number of carbonyl (C=O) groups excluding carboxylic acids is 3.